The summed E-state index contributed by atoms with van der Waals surface area (Å²) in [5.41, 5.74) is 2.87. The van der Waals surface area contributed by atoms with E-state index in [1.54, 1.807) is 0 Å². The van der Waals surface area contributed by atoms with Gasteiger partial charge in [0.2, 0.25) is 15.9 Å². The molecule has 1 aromatic carbocycles. The Bertz CT molecular complexity index is 790. The minimum atomic E-state index is -3.50. The molecule has 1 aliphatic heterocycles. The summed E-state index contributed by atoms with van der Waals surface area (Å²) < 4.78 is 26.2. The number of carbonyl (C=O) groups excluding carboxylic acids is 1. The molecule has 19 heavy (non-hydrogen) atoms. The molecule has 1 aliphatic rings. The van der Waals surface area contributed by atoms with Crippen molar-refractivity contribution in [2.45, 2.75) is 13.0 Å². The smallest absolute Gasteiger partial charge is 0.240 e. The van der Waals surface area contributed by atoms with Gasteiger partial charge in [0.15, 0.2) is 0 Å². The molecule has 0 fully saturated rings. The van der Waals surface area contributed by atoms with Gasteiger partial charge in [0.1, 0.15) is 0 Å². The van der Waals surface area contributed by atoms with Crippen LogP contribution in [0.5, 0.6) is 0 Å². The van der Waals surface area contributed by atoms with Crippen LogP contribution in [-0.4, -0.2) is 29.5 Å². The summed E-state index contributed by atoms with van der Waals surface area (Å²) in [7, 11) is -1.60. The van der Waals surface area contributed by atoms with Crippen LogP contribution < -0.4 is 0 Å². The zero-order chi connectivity index (χ0) is 13.8. The van der Waals surface area contributed by atoms with Crippen LogP contribution in [0.25, 0.3) is 10.9 Å². The minimum absolute atomic E-state index is 0.123. The van der Waals surface area contributed by atoms with E-state index in [0.717, 1.165) is 32.7 Å². The van der Waals surface area contributed by atoms with E-state index >= 15 is 0 Å². The molecule has 2 aromatic rings. The van der Waals surface area contributed by atoms with Crippen LogP contribution in [-0.2, 0) is 34.8 Å². The third kappa shape index (κ3) is 1.74. The first-order chi connectivity index (χ1) is 8.89. The van der Waals surface area contributed by atoms with Gasteiger partial charge in [-0.1, -0.05) is 18.2 Å². The van der Waals surface area contributed by atoms with Gasteiger partial charge in [-0.25, -0.2) is 12.7 Å². The predicted octanol–water partition coefficient (Wildman–Crippen LogP) is 1.02. The molecule has 0 radical (unpaired) electrons. The molecule has 3 rings (SSSR count). The molecular weight excluding hydrogens is 264 g/mol. The Morgan fingerprint density at radius 1 is 1.21 bits per heavy atom. The second kappa shape index (κ2) is 3.84. The summed E-state index contributed by atoms with van der Waals surface area (Å²) in [6.45, 7) is 0.123. The number of para-hydroxylation sites is 1. The van der Waals surface area contributed by atoms with E-state index in [1.165, 1.54) is 0 Å². The van der Waals surface area contributed by atoms with Crippen LogP contribution in [0, 0.1) is 0 Å². The number of hydrogen-bond donors (Lipinski definition) is 0. The van der Waals surface area contributed by atoms with Crippen LogP contribution in [0.3, 0.4) is 0 Å². The molecule has 0 spiro atoms. The Hall–Kier alpha value is -1.82. The van der Waals surface area contributed by atoms with E-state index < -0.39 is 10.0 Å². The van der Waals surface area contributed by atoms with Crippen LogP contribution in [0.4, 0.5) is 0 Å². The first-order valence-corrected chi connectivity index (χ1v) is 7.80. The van der Waals surface area contributed by atoms with Crippen molar-refractivity contribution in [2.24, 2.45) is 7.05 Å². The first-order valence-electron chi connectivity index (χ1n) is 5.95. The molecule has 6 heteroatoms. The summed E-state index contributed by atoms with van der Waals surface area (Å²) in [5, 5.41) is 1.03. The Morgan fingerprint density at radius 2 is 1.89 bits per heavy atom. The van der Waals surface area contributed by atoms with Crippen LogP contribution in [0.2, 0.25) is 0 Å². The van der Waals surface area contributed by atoms with Gasteiger partial charge in [-0.15, -0.1) is 0 Å². The molecule has 0 aliphatic carbocycles. The van der Waals surface area contributed by atoms with E-state index in [1.807, 2.05) is 35.9 Å². The Morgan fingerprint density at radius 3 is 2.58 bits per heavy atom. The maximum atomic E-state index is 12.0. The number of hydrogen-bond acceptors (Lipinski definition) is 3. The largest absolute Gasteiger partial charge is 0.346 e. The average Bonchev–Trinajstić information content (AvgIpc) is 2.61. The molecule has 0 saturated heterocycles. The minimum Gasteiger partial charge on any atom is -0.346 e. The first kappa shape index (κ1) is 12.2. The van der Waals surface area contributed by atoms with Crippen LogP contribution >= 0.6 is 0 Å². The number of fused-ring (bicyclic) bond motifs is 3. The van der Waals surface area contributed by atoms with E-state index in [9.17, 15) is 13.2 Å². The molecule has 2 heterocycles. The molecule has 0 N–H and O–H groups in total. The Labute approximate surface area is 111 Å². The van der Waals surface area contributed by atoms with Crippen molar-refractivity contribution in [1.82, 2.24) is 8.87 Å². The lowest BCUT2D eigenvalue weighted by Crippen LogP contribution is -2.40. The van der Waals surface area contributed by atoms with Crippen molar-refractivity contribution in [1.29, 1.82) is 0 Å². The Balaban J connectivity index is 2.24. The lowest BCUT2D eigenvalue weighted by molar-refractivity contribution is -0.126. The van der Waals surface area contributed by atoms with Crippen molar-refractivity contribution >= 4 is 26.8 Å². The van der Waals surface area contributed by atoms with E-state index in [4.69, 9.17) is 0 Å². The van der Waals surface area contributed by atoms with Gasteiger partial charge in [0.05, 0.1) is 19.2 Å². The monoisotopic (exact) mass is 278 g/mol. The fourth-order valence-corrected chi connectivity index (χ4v) is 3.48. The van der Waals surface area contributed by atoms with Crippen LogP contribution in [0.15, 0.2) is 24.3 Å². The number of nitrogens with zero attached hydrogens (tertiary/aromatic N) is 2. The molecule has 1 amide bonds. The van der Waals surface area contributed by atoms with Crippen molar-refractivity contribution in [3.05, 3.63) is 35.5 Å². The zero-order valence-electron chi connectivity index (χ0n) is 10.8. The second-order valence-electron chi connectivity index (χ2n) is 4.84. The standard InChI is InChI=1S/C13H14N2O3S/c1-14-11-6-4-3-5-9(11)10-7-13(16)15(8-12(10)14)19(2,17)18/h3-6H,7-8H2,1-2H3. The van der Waals surface area contributed by atoms with E-state index in [2.05, 4.69) is 0 Å². The summed E-state index contributed by atoms with van der Waals surface area (Å²) in [4.78, 5) is 12.0. The fraction of sp³-hybridized carbons (Fsp3) is 0.308. The molecule has 0 bridgehead atoms. The van der Waals surface area contributed by atoms with E-state index in [0.29, 0.717) is 0 Å². The van der Waals surface area contributed by atoms with Gasteiger partial charge in [-0.05, 0) is 11.6 Å². The molecule has 5 nitrogen and oxygen atoms in total. The van der Waals surface area contributed by atoms with Crippen molar-refractivity contribution < 1.29 is 13.2 Å². The van der Waals surface area contributed by atoms with Crippen molar-refractivity contribution in [3.63, 3.8) is 0 Å². The molecule has 0 unspecified atom stereocenters. The van der Waals surface area contributed by atoms with Crippen molar-refractivity contribution in [3.8, 4) is 0 Å². The van der Waals surface area contributed by atoms with Crippen LogP contribution in [0.1, 0.15) is 11.3 Å². The maximum absolute atomic E-state index is 12.0. The fourth-order valence-electron chi connectivity index (χ4n) is 2.69. The lowest BCUT2D eigenvalue weighted by atomic mass is 10.0. The predicted molar refractivity (Wildman–Crippen MR) is 72.0 cm³/mol. The zero-order valence-corrected chi connectivity index (χ0v) is 11.6. The molecular formula is C13H14N2O3S. The van der Waals surface area contributed by atoms with Gasteiger partial charge in [0.25, 0.3) is 0 Å². The number of aromatic nitrogens is 1. The highest BCUT2D eigenvalue weighted by atomic mass is 32.2. The molecule has 1 aromatic heterocycles. The number of benzene rings is 1. The second-order valence-corrected chi connectivity index (χ2v) is 6.75. The van der Waals surface area contributed by atoms with Gasteiger partial charge >= 0.3 is 0 Å². The SMILES string of the molecule is Cn1c2c(c3ccccc31)CC(=O)N(S(C)(=O)=O)C2. The molecule has 0 saturated carbocycles. The van der Waals surface area contributed by atoms with Gasteiger partial charge in [-0.3, -0.25) is 4.79 Å². The summed E-state index contributed by atoms with van der Waals surface area (Å²) in [6.07, 6.45) is 1.21. The third-order valence-corrected chi connectivity index (χ3v) is 4.78. The Kier molecular flexibility index (Phi) is 2.47. The third-order valence-electron chi connectivity index (χ3n) is 3.64. The quantitative estimate of drug-likeness (QED) is 0.782. The van der Waals surface area contributed by atoms with Gasteiger partial charge in [0, 0.05) is 23.6 Å². The topological polar surface area (TPSA) is 59.4 Å². The highest BCUT2D eigenvalue weighted by Crippen LogP contribution is 2.31. The van der Waals surface area contributed by atoms with E-state index in [-0.39, 0.29) is 18.9 Å². The number of sulfonamides is 1. The number of aryl methyl sites for hydroxylation is 1. The summed E-state index contributed by atoms with van der Waals surface area (Å²) in [5.74, 6) is -0.355. The number of carbonyl (C=O) groups is 1. The number of rotatable bonds is 1. The highest BCUT2D eigenvalue weighted by molar-refractivity contribution is 7.88. The highest BCUT2D eigenvalue weighted by Gasteiger charge is 2.32. The summed E-state index contributed by atoms with van der Waals surface area (Å²) in [6, 6.07) is 7.81. The lowest BCUT2D eigenvalue weighted by Gasteiger charge is -2.25. The average molecular weight is 278 g/mol. The summed E-state index contributed by atoms with van der Waals surface area (Å²) >= 11 is 0. The number of amides is 1. The molecule has 0 atom stereocenters. The normalized spacial score (nSPS) is 15.9. The van der Waals surface area contributed by atoms with Gasteiger partial charge in [-0.2, -0.15) is 0 Å². The molecule has 100 valence electrons. The van der Waals surface area contributed by atoms with Crippen molar-refractivity contribution in [2.75, 3.05) is 6.26 Å². The maximum Gasteiger partial charge on any atom is 0.240 e. The van der Waals surface area contributed by atoms with Gasteiger partial charge < -0.3 is 4.57 Å².